The SMILES string of the molecule is CCCN(C)C(=O)Oc1ccccc1C(=O)Nc1cccc2cccnc12. The average Bonchev–Trinajstić information content (AvgIpc) is 2.69. The van der Waals surface area contributed by atoms with E-state index in [0.29, 0.717) is 17.7 Å². The third-order valence-corrected chi connectivity index (χ3v) is 4.08. The number of carbonyl (C=O) groups excluding carboxylic acids is 2. The molecule has 1 N–H and O–H groups in total. The minimum Gasteiger partial charge on any atom is -0.409 e. The molecule has 2 amide bonds. The van der Waals surface area contributed by atoms with E-state index in [4.69, 9.17) is 4.74 Å². The van der Waals surface area contributed by atoms with Crippen LogP contribution in [0.25, 0.3) is 10.9 Å². The molecule has 1 heterocycles. The molecule has 0 unspecified atom stereocenters. The summed E-state index contributed by atoms with van der Waals surface area (Å²) in [6.45, 7) is 2.55. The molecule has 0 aliphatic heterocycles. The zero-order valence-corrected chi connectivity index (χ0v) is 15.3. The maximum absolute atomic E-state index is 12.8. The minimum atomic E-state index is -0.496. The fourth-order valence-corrected chi connectivity index (χ4v) is 2.74. The molecule has 138 valence electrons. The fourth-order valence-electron chi connectivity index (χ4n) is 2.74. The summed E-state index contributed by atoms with van der Waals surface area (Å²) in [6.07, 6.45) is 2.00. The van der Waals surface area contributed by atoms with Gasteiger partial charge in [-0.3, -0.25) is 9.78 Å². The van der Waals surface area contributed by atoms with E-state index in [9.17, 15) is 9.59 Å². The Labute approximate surface area is 157 Å². The van der Waals surface area contributed by atoms with Gasteiger partial charge in [-0.05, 0) is 30.7 Å². The van der Waals surface area contributed by atoms with Crippen LogP contribution in [0, 0.1) is 0 Å². The highest BCUT2D eigenvalue weighted by Crippen LogP contribution is 2.24. The first-order valence-corrected chi connectivity index (χ1v) is 8.77. The monoisotopic (exact) mass is 363 g/mol. The first-order valence-electron chi connectivity index (χ1n) is 8.77. The summed E-state index contributed by atoms with van der Waals surface area (Å²) in [4.78, 5) is 30.8. The van der Waals surface area contributed by atoms with E-state index < -0.39 is 6.09 Å². The third kappa shape index (κ3) is 4.23. The van der Waals surface area contributed by atoms with Crippen molar-refractivity contribution in [3.63, 3.8) is 0 Å². The van der Waals surface area contributed by atoms with Crippen LogP contribution in [-0.4, -0.2) is 35.5 Å². The van der Waals surface area contributed by atoms with Crippen LogP contribution in [0.1, 0.15) is 23.7 Å². The van der Waals surface area contributed by atoms with Crippen LogP contribution in [0.15, 0.2) is 60.8 Å². The second-order valence-electron chi connectivity index (χ2n) is 6.12. The number of ether oxygens (including phenoxy) is 1. The predicted molar refractivity (Wildman–Crippen MR) is 105 cm³/mol. The standard InChI is InChI=1S/C21H21N3O3/c1-3-14-24(2)21(26)27-18-12-5-4-10-16(18)20(25)23-17-11-6-8-15-9-7-13-22-19(15)17/h4-13H,3,14H2,1-2H3,(H,23,25). The normalized spacial score (nSPS) is 10.4. The molecule has 0 bridgehead atoms. The van der Waals surface area contributed by atoms with Gasteiger partial charge in [-0.15, -0.1) is 0 Å². The molecule has 6 heteroatoms. The summed E-state index contributed by atoms with van der Waals surface area (Å²) in [5.74, 6) is -0.147. The number of aromatic nitrogens is 1. The summed E-state index contributed by atoms with van der Waals surface area (Å²) < 4.78 is 5.42. The number of anilines is 1. The molecule has 0 saturated carbocycles. The van der Waals surface area contributed by atoms with Crippen molar-refractivity contribution in [2.75, 3.05) is 18.9 Å². The van der Waals surface area contributed by atoms with Crippen LogP contribution in [0.4, 0.5) is 10.5 Å². The Kier molecular flexibility index (Phi) is 5.66. The van der Waals surface area contributed by atoms with Gasteiger partial charge in [0, 0.05) is 25.2 Å². The third-order valence-electron chi connectivity index (χ3n) is 4.08. The van der Waals surface area contributed by atoms with Crippen molar-refractivity contribution in [2.24, 2.45) is 0 Å². The summed E-state index contributed by atoms with van der Waals surface area (Å²) in [5, 5.41) is 3.79. The second kappa shape index (κ2) is 8.31. The van der Waals surface area contributed by atoms with Gasteiger partial charge in [0.25, 0.3) is 5.91 Å². The number of para-hydroxylation sites is 2. The van der Waals surface area contributed by atoms with E-state index in [0.717, 1.165) is 11.8 Å². The Morgan fingerprint density at radius 3 is 2.67 bits per heavy atom. The summed E-state index contributed by atoms with van der Waals surface area (Å²) in [7, 11) is 1.66. The molecular formula is C21H21N3O3. The lowest BCUT2D eigenvalue weighted by atomic mass is 10.1. The number of carbonyl (C=O) groups is 2. The zero-order chi connectivity index (χ0) is 19.2. The quantitative estimate of drug-likeness (QED) is 0.732. The molecule has 0 saturated heterocycles. The van der Waals surface area contributed by atoms with Crippen LogP contribution >= 0.6 is 0 Å². The lowest BCUT2D eigenvalue weighted by Gasteiger charge is -2.17. The number of fused-ring (bicyclic) bond motifs is 1. The van der Waals surface area contributed by atoms with Gasteiger partial charge in [0.05, 0.1) is 16.8 Å². The van der Waals surface area contributed by atoms with Crippen molar-refractivity contribution < 1.29 is 14.3 Å². The lowest BCUT2D eigenvalue weighted by molar-refractivity contribution is 0.102. The van der Waals surface area contributed by atoms with Crippen molar-refractivity contribution in [2.45, 2.75) is 13.3 Å². The highest BCUT2D eigenvalue weighted by atomic mass is 16.6. The minimum absolute atomic E-state index is 0.219. The van der Waals surface area contributed by atoms with Gasteiger partial charge >= 0.3 is 6.09 Å². The van der Waals surface area contributed by atoms with Crippen LogP contribution in [0.2, 0.25) is 0 Å². The van der Waals surface area contributed by atoms with Crippen LogP contribution in [-0.2, 0) is 0 Å². The first-order chi connectivity index (χ1) is 13.1. The van der Waals surface area contributed by atoms with Gasteiger partial charge in [-0.1, -0.05) is 37.3 Å². The lowest BCUT2D eigenvalue weighted by Crippen LogP contribution is -2.30. The number of hydrogen-bond acceptors (Lipinski definition) is 4. The number of hydrogen-bond donors (Lipinski definition) is 1. The van der Waals surface area contributed by atoms with Crippen LogP contribution in [0.5, 0.6) is 5.75 Å². The molecular weight excluding hydrogens is 342 g/mol. The Hall–Kier alpha value is -3.41. The van der Waals surface area contributed by atoms with E-state index in [-0.39, 0.29) is 17.2 Å². The van der Waals surface area contributed by atoms with Gasteiger partial charge in [-0.2, -0.15) is 0 Å². The topological polar surface area (TPSA) is 71.5 Å². The number of nitrogens with one attached hydrogen (secondary N) is 1. The second-order valence-corrected chi connectivity index (χ2v) is 6.12. The number of nitrogens with zero attached hydrogens (tertiary/aromatic N) is 2. The molecule has 0 atom stereocenters. The van der Waals surface area contributed by atoms with E-state index in [1.807, 2.05) is 31.2 Å². The molecule has 0 aliphatic carbocycles. The molecule has 0 spiro atoms. The molecule has 0 fully saturated rings. The Bertz CT molecular complexity index is 966. The molecule has 3 rings (SSSR count). The maximum atomic E-state index is 12.8. The summed E-state index contributed by atoms with van der Waals surface area (Å²) >= 11 is 0. The van der Waals surface area contributed by atoms with Gasteiger partial charge in [0.15, 0.2) is 0 Å². The van der Waals surface area contributed by atoms with E-state index in [2.05, 4.69) is 10.3 Å². The zero-order valence-electron chi connectivity index (χ0n) is 15.3. The van der Waals surface area contributed by atoms with Crippen molar-refractivity contribution in [1.29, 1.82) is 0 Å². The molecule has 1 aromatic heterocycles. The van der Waals surface area contributed by atoms with E-state index in [1.54, 1.807) is 43.6 Å². The highest BCUT2D eigenvalue weighted by molar-refractivity contribution is 6.09. The van der Waals surface area contributed by atoms with Gasteiger partial charge in [0.1, 0.15) is 5.75 Å². The molecule has 2 aromatic carbocycles. The molecule has 0 radical (unpaired) electrons. The van der Waals surface area contributed by atoms with Crippen molar-refractivity contribution in [3.8, 4) is 5.75 Å². The highest BCUT2D eigenvalue weighted by Gasteiger charge is 2.18. The molecule has 6 nitrogen and oxygen atoms in total. The van der Waals surface area contributed by atoms with Gasteiger partial charge < -0.3 is 15.0 Å². The van der Waals surface area contributed by atoms with Crippen LogP contribution in [0.3, 0.4) is 0 Å². The fraction of sp³-hybridized carbons (Fsp3) is 0.190. The number of amides is 2. The van der Waals surface area contributed by atoms with E-state index in [1.165, 1.54) is 4.90 Å². The maximum Gasteiger partial charge on any atom is 0.414 e. The largest absolute Gasteiger partial charge is 0.414 e. The Morgan fingerprint density at radius 1 is 1.07 bits per heavy atom. The number of pyridine rings is 1. The Morgan fingerprint density at radius 2 is 1.85 bits per heavy atom. The summed E-state index contributed by atoms with van der Waals surface area (Å²) in [6, 6.07) is 16.0. The molecule has 3 aromatic rings. The van der Waals surface area contributed by atoms with Crippen LogP contribution < -0.4 is 10.1 Å². The molecule has 27 heavy (non-hydrogen) atoms. The van der Waals surface area contributed by atoms with E-state index >= 15 is 0 Å². The average molecular weight is 363 g/mol. The Balaban J connectivity index is 1.84. The first kappa shape index (κ1) is 18.4. The van der Waals surface area contributed by atoms with Gasteiger partial charge in [0.2, 0.25) is 0 Å². The smallest absolute Gasteiger partial charge is 0.409 e. The predicted octanol–water partition coefficient (Wildman–Crippen LogP) is 4.33. The number of benzene rings is 2. The number of rotatable bonds is 5. The van der Waals surface area contributed by atoms with Gasteiger partial charge in [-0.25, -0.2) is 4.79 Å². The van der Waals surface area contributed by atoms with Crippen molar-refractivity contribution in [3.05, 3.63) is 66.4 Å². The van der Waals surface area contributed by atoms with Crippen molar-refractivity contribution in [1.82, 2.24) is 9.88 Å². The van der Waals surface area contributed by atoms with Crippen molar-refractivity contribution >= 4 is 28.6 Å². The molecule has 0 aliphatic rings. The summed E-state index contributed by atoms with van der Waals surface area (Å²) in [5.41, 5.74) is 1.58.